The smallest absolute Gasteiger partial charge is 0.0504 e. The summed E-state index contributed by atoms with van der Waals surface area (Å²) < 4.78 is 0. The maximum absolute atomic E-state index is 5.65. The first-order chi connectivity index (χ1) is 6.56. The topological polar surface area (TPSA) is 38.0 Å². The largest absolute Gasteiger partial charge is 0.271 e. The zero-order chi connectivity index (χ0) is 10.3. The molecule has 0 amide bonds. The molecule has 2 rings (SSSR count). The lowest BCUT2D eigenvalue weighted by Gasteiger charge is -2.17. The maximum atomic E-state index is 5.65. The van der Waals surface area contributed by atoms with Gasteiger partial charge in [0.1, 0.15) is 0 Å². The minimum absolute atomic E-state index is 0.344. The second-order valence-corrected chi connectivity index (χ2v) is 6.00. The SMILES string of the molecule is Cc1sccc1C(NN)C1CC1(C)C. The summed E-state index contributed by atoms with van der Waals surface area (Å²) in [4.78, 5) is 1.38. The van der Waals surface area contributed by atoms with Crippen molar-refractivity contribution >= 4 is 11.3 Å². The molecule has 2 unspecified atom stereocenters. The molecule has 3 heteroatoms. The van der Waals surface area contributed by atoms with E-state index in [4.69, 9.17) is 5.84 Å². The van der Waals surface area contributed by atoms with Gasteiger partial charge < -0.3 is 0 Å². The minimum atomic E-state index is 0.344. The van der Waals surface area contributed by atoms with Crippen LogP contribution in [0.4, 0.5) is 0 Å². The Morgan fingerprint density at radius 3 is 2.64 bits per heavy atom. The van der Waals surface area contributed by atoms with Crippen molar-refractivity contribution in [2.24, 2.45) is 17.2 Å². The fraction of sp³-hybridized carbons (Fsp3) is 0.636. The molecule has 14 heavy (non-hydrogen) atoms. The van der Waals surface area contributed by atoms with Crippen molar-refractivity contribution in [2.45, 2.75) is 33.2 Å². The number of hydrazine groups is 1. The first-order valence-electron chi connectivity index (χ1n) is 5.06. The fourth-order valence-electron chi connectivity index (χ4n) is 2.22. The lowest BCUT2D eigenvalue weighted by Crippen LogP contribution is -2.30. The summed E-state index contributed by atoms with van der Waals surface area (Å²) in [6.45, 7) is 6.78. The molecular weight excluding hydrogens is 192 g/mol. The van der Waals surface area contributed by atoms with E-state index < -0.39 is 0 Å². The van der Waals surface area contributed by atoms with Crippen LogP contribution in [0.2, 0.25) is 0 Å². The molecule has 0 radical (unpaired) electrons. The number of rotatable bonds is 3. The molecule has 1 aromatic rings. The molecule has 78 valence electrons. The van der Waals surface area contributed by atoms with Gasteiger partial charge >= 0.3 is 0 Å². The van der Waals surface area contributed by atoms with E-state index >= 15 is 0 Å². The van der Waals surface area contributed by atoms with Gasteiger partial charge in [0, 0.05) is 4.88 Å². The van der Waals surface area contributed by atoms with Crippen LogP contribution in [0.15, 0.2) is 11.4 Å². The molecule has 1 saturated carbocycles. The summed E-state index contributed by atoms with van der Waals surface area (Å²) in [6.07, 6.45) is 1.27. The number of hydrogen-bond donors (Lipinski definition) is 2. The average Bonchev–Trinajstić information content (AvgIpc) is 2.55. The summed E-state index contributed by atoms with van der Waals surface area (Å²) in [5.74, 6) is 6.34. The fourth-order valence-corrected chi connectivity index (χ4v) is 2.97. The Hall–Kier alpha value is -0.380. The number of hydrogen-bond acceptors (Lipinski definition) is 3. The lowest BCUT2D eigenvalue weighted by atomic mass is 9.98. The third-order valence-corrected chi connectivity index (χ3v) is 4.27. The summed E-state index contributed by atoms with van der Waals surface area (Å²) in [5, 5.41) is 2.14. The van der Waals surface area contributed by atoms with Gasteiger partial charge in [-0.1, -0.05) is 13.8 Å². The van der Waals surface area contributed by atoms with Gasteiger partial charge in [-0.2, -0.15) is 0 Å². The van der Waals surface area contributed by atoms with Gasteiger partial charge in [-0.05, 0) is 41.7 Å². The predicted octanol–water partition coefficient (Wildman–Crippen LogP) is 2.61. The molecular formula is C11H18N2S. The molecule has 0 aliphatic heterocycles. The zero-order valence-corrected chi connectivity index (χ0v) is 9.82. The Morgan fingerprint density at radius 2 is 2.29 bits per heavy atom. The van der Waals surface area contributed by atoms with Crippen LogP contribution >= 0.6 is 11.3 Å². The molecule has 1 aliphatic carbocycles. The highest BCUT2D eigenvalue weighted by molar-refractivity contribution is 7.10. The van der Waals surface area contributed by atoms with Crippen LogP contribution in [0.3, 0.4) is 0 Å². The molecule has 1 aliphatic rings. The number of nitrogens with one attached hydrogen (secondary N) is 1. The first-order valence-corrected chi connectivity index (χ1v) is 5.94. The van der Waals surface area contributed by atoms with E-state index in [1.165, 1.54) is 16.9 Å². The van der Waals surface area contributed by atoms with Crippen LogP contribution in [-0.4, -0.2) is 0 Å². The Kier molecular flexibility index (Phi) is 2.41. The molecule has 3 N–H and O–H groups in total. The summed E-state index contributed by atoms with van der Waals surface area (Å²) in [5.41, 5.74) is 4.82. The maximum Gasteiger partial charge on any atom is 0.0504 e. The van der Waals surface area contributed by atoms with Crippen molar-refractivity contribution in [2.75, 3.05) is 0 Å². The van der Waals surface area contributed by atoms with Crippen LogP contribution in [0.5, 0.6) is 0 Å². The molecule has 1 heterocycles. The zero-order valence-electron chi connectivity index (χ0n) is 9.00. The number of thiophene rings is 1. The van der Waals surface area contributed by atoms with Gasteiger partial charge in [-0.25, -0.2) is 0 Å². The molecule has 1 aromatic heterocycles. The minimum Gasteiger partial charge on any atom is -0.271 e. The van der Waals surface area contributed by atoms with Crippen LogP contribution in [0.1, 0.15) is 36.8 Å². The van der Waals surface area contributed by atoms with Gasteiger partial charge in [-0.3, -0.25) is 11.3 Å². The predicted molar refractivity (Wildman–Crippen MR) is 61.0 cm³/mol. The van der Waals surface area contributed by atoms with E-state index in [2.05, 4.69) is 37.6 Å². The number of aryl methyl sites for hydroxylation is 1. The molecule has 2 atom stereocenters. The Bertz CT molecular complexity index is 330. The summed E-state index contributed by atoms with van der Waals surface area (Å²) >= 11 is 1.80. The summed E-state index contributed by atoms with van der Waals surface area (Å²) in [6, 6.07) is 2.54. The van der Waals surface area contributed by atoms with E-state index in [1.54, 1.807) is 11.3 Å². The van der Waals surface area contributed by atoms with E-state index in [-0.39, 0.29) is 0 Å². The highest BCUT2D eigenvalue weighted by atomic mass is 32.1. The van der Waals surface area contributed by atoms with Crippen LogP contribution in [0.25, 0.3) is 0 Å². The van der Waals surface area contributed by atoms with Gasteiger partial charge in [0.05, 0.1) is 6.04 Å². The van der Waals surface area contributed by atoms with Gasteiger partial charge in [0.2, 0.25) is 0 Å². The van der Waals surface area contributed by atoms with Gasteiger partial charge in [0.25, 0.3) is 0 Å². The van der Waals surface area contributed by atoms with E-state index in [0.29, 0.717) is 17.4 Å². The summed E-state index contributed by atoms with van der Waals surface area (Å²) in [7, 11) is 0. The van der Waals surface area contributed by atoms with Crippen molar-refractivity contribution in [3.8, 4) is 0 Å². The first kappa shape index (κ1) is 10.1. The number of nitrogens with two attached hydrogens (primary N) is 1. The standard InChI is InChI=1S/C11H18N2S/c1-7-8(4-5-14-7)10(13-12)9-6-11(9,2)3/h4-5,9-10,13H,6,12H2,1-3H3. The quantitative estimate of drug-likeness (QED) is 0.594. The highest BCUT2D eigenvalue weighted by Gasteiger charge is 2.50. The van der Waals surface area contributed by atoms with Crippen LogP contribution in [0, 0.1) is 18.3 Å². The second kappa shape index (κ2) is 3.33. The van der Waals surface area contributed by atoms with Crippen molar-refractivity contribution < 1.29 is 0 Å². The lowest BCUT2D eigenvalue weighted by molar-refractivity contribution is 0.422. The molecule has 2 nitrogen and oxygen atoms in total. The average molecular weight is 210 g/mol. The Morgan fingerprint density at radius 1 is 1.64 bits per heavy atom. The molecule has 0 aromatic carbocycles. The highest BCUT2D eigenvalue weighted by Crippen LogP contribution is 2.57. The van der Waals surface area contributed by atoms with E-state index in [1.807, 2.05) is 0 Å². The van der Waals surface area contributed by atoms with Crippen molar-refractivity contribution in [3.63, 3.8) is 0 Å². The van der Waals surface area contributed by atoms with Crippen molar-refractivity contribution in [1.82, 2.24) is 5.43 Å². The van der Waals surface area contributed by atoms with Crippen molar-refractivity contribution in [3.05, 3.63) is 21.9 Å². The molecule has 0 bridgehead atoms. The Labute approximate surface area is 89.5 Å². The van der Waals surface area contributed by atoms with Crippen molar-refractivity contribution in [1.29, 1.82) is 0 Å². The Balaban J connectivity index is 2.20. The molecule has 0 saturated heterocycles. The van der Waals surface area contributed by atoms with Crippen LogP contribution < -0.4 is 11.3 Å². The second-order valence-electron chi connectivity index (χ2n) is 4.88. The molecule has 0 spiro atoms. The van der Waals surface area contributed by atoms with E-state index in [0.717, 1.165) is 0 Å². The third kappa shape index (κ3) is 1.60. The third-order valence-electron chi connectivity index (χ3n) is 3.41. The monoisotopic (exact) mass is 210 g/mol. The van der Waals surface area contributed by atoms with Crippen LogP contribution in [-0.2, 0) is 0 Å². The van der Waals surface area contributed by atoms with E-state index in [9.17, 15) is 0 Å². The molecule has 1 fully saturated rings. The normalized spacial score (nSPS) is 26.1. The van der Waals surface area contributed by atoms with Gasteiger partial charge in [0.15, 0.2) is 0 Å². The van der Waals surface area contributed by atoms with Gasteiger partial charge in [-0.15, -0.1) is 11.3 Å².